The molecule has 2 aliphatic rings. The number of fused-ring (bicyclic) bond motifs is 2. The first-order valence-corrected chi connectivity index (χ1v) is 10.1. The van der Waals surface area contributed by atoms with Crippen LogP contribution < -0.4 is 14.8 Å². The zero-order valence-corrected chi connectivity index (χ0v) is 17.1. The molecule has 2 heterocycles. The van der Waals surface area contributed by atoms with E-state index >= 15 is 0 Å². The van der Waals surface area contributed by atoms with E-state index in [4.69, 9.17) is 14.5 Å². The van der Waals surface area contributed by atoms with Gasteiger partial charge in [-0.1, -0.05) is 18.2 Å². The normalized spacial score (nSPS) is 15.6. The Kier molecular flexibility index (Phi) is 5.88. The summed E-state index contributed by atoms with van der Waals surface area (Å²) in [4.78, 5) is 21.4. The maximum Gasteiger partial charge on any atom is 0.317 e. The second-order valence-electron chi connectivity index (χ2n) is 7.17. The van der Waals surface area contributed by atoms with Crippen molar-refractivity contribution in [2.24, 2.45) is 4.99 Å². The highest BCUT2D eigenvalue weighted by Gasteiger charge is 2.26. The molecule has 1 fully saturated rings. The quantitative estimate of drug-likeness (QED) is 0.788. The third kappa shape index (κ3) is 4.10. The molecule has 1 saturated heterocycles. The van der Waals surface area contributed by atoms with Crippen molar-refractivity contribution in [1.29, 1.82) is 0 Å². The zero-order valence-electron chi connectivity index (χ0n) is 17.1. The molecule has 0 unspecified atom stereocenters. The number of ether oxygens (including phenoxy) is 2. The van der Waals surface area contributed by atoms with Crippen molar-refractivity contribution in [3.8, 4) is 17.2 Å². The molecule has 0 spiro atoms. The topological polar surface area (TPSA) is 66.4 Å². The molecule has 7 nitrogen and oxygen atoms in total. The Morgan fingerprint density at radius 2 is 2.07 bits per heavy atom. The number of urea groups is 1. The van der Waals surface area contributed by atoms with E-state index in [-0.39, 0.29) is 6.03 Å². The van der Waals surface area contributed by atoms with Crippen molar-refractivity contribution in [3.63, 3.8) is 0 Å². The minimum Gasteiger partial charge on any atom is -0.497 e. The van der Waals surface area contributed by atoms with Crippen molar-refractivity contribution in [3.05, 3.63) is 60.7 Å². The predicted octanol–water partition coefficient (Wildman–Crippen LogP) is 3.78. The van der Waals surface area contributed by atoms with Gasteiger partial charge in [0, 0.05) is 32.7 Å². The van der Waals surface area contributed by atoms with Crippen molar-refractivity contribution in [2.75, 3.05) is 39.8 Å². The van der Waals surface area contributed by atoms with Gasteiger partial charge in [-0.05, 0) is 36.8 Å². The van der Waals surface area contributed by atoms with Crippen LogP contribution in [0.25, 0.3) is 0 Å². The fourth-order valence-electron chi connectivity index (χ4n) is 3.67. The van der Waals surface area contributed by atoms with Gasteiger partial charge in [0.2, 0.25) is 0 Å². The summed E-state index contributed by atoms with van der Waals surface area (Å²) in [6, 6.07) is 13.5. The average Bonchev–Trinajstić information content (AvgIpc) is 3.11. The number of hydrogen-bond donors (Lipinski definition) is 1. The molecule has 2 aromatic rings. The van der Waals surface area contributed by atoms with E-state index in [1.807, 2.05) is 47.4 Å². The SMILES string of the molecule is C=CCNC(=O)N1CCCN(C2=Nc3ccccc3Oc3ccc(OC)cc32)CC1. The number of carbonyl (C=O) groups is 1. The monoisotopic (exact) mass is 406 g/mol. The minimum atomic E-state index is -0.0599. The summed E-state index contributed by atoms with van der Waals surface area (Å²) in [5, 5.41) is 2.86. The van der Waals surface area contributed by atoms with Crippen molar-refractivity contribution in [2.45, 2.75) is 6.42 Å². The molecule has 0 aliphatic carbocycles. The molecule has 0 bridgehead atoms. The lowest BCUT2D eigenvalue weighted by molar-refractivity contribution is 0.201. The number of methoxy groups -OCH3 is 1. The van der Waals surface area contributed by atoms with Gasteiger partial charge in [-0.15, -0.1) is 6.58 Å². The summed E-state index contributed by atoms with van der Waals surface area (Å²) in [5.74, 6) is 3.04. The van der Waals surface area contributed by atoms with Crippen LogP contribution in [0, 0.1) is 0 Å². The van der Waals surface area contributed by atoms with Crippen LogP contribution in [0.15, 0.2) is 60.1 Å². The molecule has 156 valence electrons. The lowest BCUT2D eigenvalue weighted by atomic mass is 10.1. The lowest BCUT2D eigenvalue weighted by Gasteiger charge is -2.25. The van der Waals surface area contributed by atoms with Gasteiger partial charge >= 0.3 is 6.03 Å². The molecule has 7 heteroatoms. The highest BCUT2D eigenvalue weighted by Crippen LogP contribution is 2.39. The summed E-state index contributed by atoms with van der Waals surface area (Å²) in [5.41, 5.74) is 1.67. The minimum absolute atomic E-state index is 0.0599. The van der Waals surface area contributed by atoms with Gasteiger partial charge < -0.3 is 24.6 Å². The Bertz CT molecular complexity index is 973. The first kappa shape index (κ1) is 19.8. The van der Waals surface area contributed by atoms with Crippen molar-refractivity contribution < 1.29 is 14.3 Å². The number of amidine groups is 1. The molecule has 0 radical (unpaired) electrons. The second-order valence-corrected chi connectivity index (χ2v) is 7.17. The fourth-order valence-corrected chi connectivity index (χ4v) is 3.67. The molecule has 2 aliphatic heterocycles. The van der Waals surface area contributed by atoms with E-state index in [9.17, 15) is 4.79 Å². The molecular weight excluding hydrogens is 380 g/mol. The second kappa shape index (κ2) is 8.90. The third-order valence-corrected chi connectivity index (χ3v) is 5.22. The van der Waals surface area contributed by atoms with Crippen LogP contribution in [0.2, 0.25) is 0 Å². The van der Waals surface area contributed by atoms with Crippen molar-refractivity contribution >= 4 is 17.6 Å². The van der Waals surface area contributed by atoms with Crippen LogP contribution in [-0.4, -0.2) is 61.5 Å². The molecule has 2 amide bonds. The van der Waals surface area contributed by atoms with E-state index in [1.165, 1.54) is 0 Å². The van der Waals surface area contributed by atoms with Gasteiger partial charge in [0.15, 0.2) is 5.75 Å². The number of aliphatic imine (C=N–C) groups is 1. The highest BCUT2D eigenvalue weighted by molar-refractivity contribution is 6.04. The Morgan fingerprint density at radius 1 is 1.20 bits per heavy atom. The lowest BCUT2D eigenvalue weighted by Crippen LogP contribution is -2.42. The Balaban J connectivity index is 1.66. The Hall–Kier alpha value is -3.48. The number of nitrogens with zero attached hydrogens (tertiary/aromatic N) is 3. The maximum absolute atomic E-state index is 12.4. The number of nitrogens with one attached hydrogen (secondary N) is 1. The van der Waals surface area contributed by atoms with Crippen LogP contribution in [0.4, 0.5) is 10.5 Å². The highest BCUT2D eigenvalue weighted by atomic mass is 16.5. The average molecular weight is 406 g/mol. The van der Waals surface area contributed by atoms with E-state index in [2.05, 4.69) is 16.8 Å². The first-order chi connectivity index (χ1) is 14.7. The van der Waals surface area contributed by atoms with Crippen LogP contribution in [0.5, 0.6) is 17.2 Å². The van der Waals surface area contributed by atoms with Crippen LogP contribution in [-0.2, 0) is 0 Å². The summed E-state index contributed by atoms with van der Waals surface area (Å²) >= 11 is 0. The third-order valence-electron chi connectivity index (χ3n) is 5.22. The van der Waals surface area contributed by atoms with E-state index in [1.54, 1.807) is 13.2 Å². The number of para-hydroxylation sites is 2. The summed E-state index contributed by atoms with van der Waals surface area (Å²) in [7, 11) is 1.65. The Labute approximate surface area is 176 Å². The fraction of sp³-hybridized carbons (Fsp3) is 0.304. The zero-order chi connectivity index (χ0) is 20.9. The van der Waals surface area contributed by atoms with Gasteiger partial charge in [-0.25, -0.2) is 9.79 Å². The van der Waals surface area contributed by atoms with Gasteiger partial charge in [-0.2, -0.15) is 0 Å². The summed E-state index contributed by atoms with van der Waals surface area (Å²) in [6.45, 7) is 6.91. The molecule has 0 saturated carbocycles. The predicted molar refractivity (Wildman–Crippen MR) is 117 cm³/mol. The van der Waals surface area contributed by atoms with E-state index in [0.717, 1.165) is 47.3 Å². The first-order valence-electron chi connectivity index (χ1n) is 10.1. The van der Waals surface area contributed by atoms with Gasteiger partial charge in [-0.3, -0.25) is 0 Å². The largest absolute Gasteiger partial charge is 0.497 e. The van der Waals surface area contributed by atoms with Gasteiger partial charge in [0.1, 0.15) is 23.0 Å². The van der Waals surface area contributed by atoms with Crippen LogP contribution in [0.1, 0.15) is 12.0 Å². The number of amides is 2. The number of rotatable bonds is 3. The molecule has 0 aromatic heterocycles. The number of hydrogen-bond acceptors (Lipinski definition) is 5. The molecule has 4 rings (SSSR count). The molecule has 2 aromatic carbocycles. The van der Waals surface area contributed by atoms with Crippen LogP contribution in [0.3, 0.4) is 0 Å². The number of carbonyl (C=O) groups excluding carboxylic acids is 1. The smallest absolute Gasteiger partial charge is 0.317 e. The molecule has 0 atom stereocenters. The molecular formula is C23H26N4O3. The number of benzene rings is 2. The maximum atomic E-state index is 12.4. The molecule has 1 N–H and O–H groups in total. The van der Waals surface area contributed by atoms with Gasteiger partial charge in [0.25, 0.3) is 0 Å². The van der Waals surface area contributed by atoms with E-state index in [0.29, 0.717) is 26.2 Å². The Morgan fingerprint density at radius 3 is 2.90 bits per heavy atom. The van der Waals surface area contributed by atoms with Gasteiger partial charge in [0.05, 0.1) is 12.7 Å². The summed E-state index contributed by atoms with van der Waals surface area (Å²) < 4.78 is 11.6. The summed E-state index contributed by atoms with van der Waals surface area (Å²) in [6.07, 6.45) is 2.53. The molecule has 30 heavy (non-hydrogen) atoms. The van der Waals surface area contributed by atoms with E-state index < -0.39 is 0 Å². The van der Waals surface area contributed by atoms with Crippen LogP contribution >= 0.6 is 0 Å². The standard InChI is InChI=1S/C23H26N4O3/c1-3-11-24-23(28)27-13-6-12-26(14-15-27)22-18-16-17(29-2)9-10-20(18)30-21-8-5-4-7-19(21)25-22/h3-5,7-10,16H,1,6,11-15H2,2H3,(H,24,28). The van der Waals surface area contributed by atoms with Crippen molar-refractivity contribution in [1.82, 2.24) is 15.1 Å².